The summed E-state index contributed by atoms with van der Waals surface area (Å²) in [5.74, 6) is -0.0423. The Labute approximate surface area is 225 Å². The molecule has 4 N–H and O–H groups in total. The monoisotopic (exact) mass is 531 g/mol. The van der Waals surface area contributed by atoms with E-state index in [1.54, 1.807) is 49.1 Å². The lowest BCUT2D eigenvalue weighted by molar-refractivity contribution is -0.131. The van der Waals surface area contributed by atoms with Crippen LogP contribution in [-0.4, -0.2) is 53.4 Å². The van der Waals surface area contributed by atoms with E-state index in [0.717, 1.165) is 11.1 Å². The Bertz CT molecular complexity index is 1510. The summed E-state index contributed by atoms with van der Waals surface area (Å²) in [5, 5.41) is 31.0. The third kappa shape index (κ3) is 5.24. The Morgan fingerprint density at radius 2 is 2.03 bits per heavy atom. The maximum atomic E-state index is 15.8. The topological polar surface area (TPSA) is 128 Å². The van der Waals surface area contributed by atoms with Gasteiger partial charge in [-0.2, -0.15) is 5.10 Å². The van der Waals surface area contributed by atoms with Crippen LogP contribution in [0.5, 0.6) is 0 Å². The first kappa shape index (κ1) is 26.4. The van der Waals surface area contributed by atoms with Crippen LogP contribution in [0.2, 0.25) is 0 Å². The third-order valence-electron chi connectivity index (χ3n) is 7.01. The maximum absolute atomic E-state index is 15.8. The summed E-state index contributed by atoms with van der Waals surface area (Å²) in [7, 11) is 1.77. The first-order valence-electron chi connectivity index (χ1n) is 12.6. The van der Waals surface area contributed by atoms with Crippen LogP contribution in [0.4, 0.5) is 16.2 Å². The number of aliphatic hydroxyl groups is 2. The molecule has 1 amide bonds. The molecule has 4 aromatic rings. The number of hydrogen-bond acceptors (Lipinski definition) is 8. The Hall–Kier alpha value is -4.19. The summed E-state index contributed by atoms with van der Waals surface area (Å²) in [4.78, 5) is 23.3. The first-order valence-corrected chi connectivity index (χ1v) is 12.6. The molecule has 39 heavy (non-hydrogen) atoms. The van der Waals surface area contributed by atoms with Gasteiger partial charge in [0.15, 0.2) is 0 Å². The average molecular weight is 532 g/mol. The molecule has 202 valence electrons. The van der Waals surface area contributed by atoms with Crippen LogP contribution in [-0.2, 0) is 18.4 Å². The third-order valence-corrected chi connectivity index (χ3v) is 7.01. The quantitative estimate of drug-likeness (QED) is 0.273. The van der Waals surface area contributed by atoms with Crippen molar-refractivity contribution in [2.75, 3.05) is 11.9 Å². The predicted molar refractivity (Wildman–Crippen MR) is 143 cm³/mol. The largest absolute Gasteiger partial charge is 0.394 e. The molecule has 0 spiro atoms. The Kier molecular flexibility index (Phi) is 7.38. The number of anilines is 2. The number of nitrogens with one attached hydrogen (secondary N) is 2. The number of nitrogens with zero attached hydrogens (tertiary/aromatic N) is 5. The summed E-state index contributed by atoms with van der Waals surface area (Å²) in [6.07, 6.45) is 1.82. The highest BCUT2D eigenvalue weighted by molar-refractivity contribution is 5.82. The standard InChI is InChI=1S/C28H30FN7O3/c1-16-5-4-6-18(13-16)22(15-37)32-26(38)17(2)36-14-19-7-8-20(25(29)24(19)27(36)39)21-9-11-30-28(33-21)34-23-10-12-31-35(23)3/h4-13,17,22,27,37,39H,14-15H2,1-3H3,(H,32,38)(H,30,33,34)/t17-,22-,27?/m1/s1. The minimum Gasteiger partial charge on any atom is -0.394 e. The number of carbonyl (C=O) groups excluding carboxylic acids is 1. The van der Waals surface area contributed by atoms with Gasteiger partial charge in [0.05, 0.1) is 30.6 Å². The summed E-state index contributed by atoms with van der Waals surface area (Å²) in [6, 6.07) is 12.8. The van der Waals surface area contributed by atoms with Crippen molar-refractivity contribution in [3.8, 4) is 11.3 Å². The zero-order valence-electron chi connectivity index (χ0n) is 21.8. The van der Waals surface area contributed by atoms with Crippen molar-refractivity contribution in [3.63, 3.8) is 0 Å². The van der Waals surface area contributed by atoms with E-state index in [1.807, 2.05) is 31.2 Å². The van der Waals surface area contributed by atoms with Gasteiger partial charge in [0.1, 0.15) is 17.9 Å². The van der Waals surface area contributed by atoms with Crippen LogP contribution >= 0.6 is 0 Å². The molecule has 0 saturated heterocycles. The SMILES string of the molecule is Cc1cccc([C@@H](CO)NC(=O)[C@@H](C)N2Cc3ccc(-c4ccnc(Nc5ccnn5C)n4)c(F)c3C2O)c1. The second-order valence-corrected chi connectivity index (χ2v) is 9.61. The van der Waals surface area contributed by atoms with Gasteiger partial charge in [-0.1, -0.05) is 35.9 Å². The van der Waals surface area contributed by atoms with Crippen molar-refractivity contribution >= 4 is 17.7 Å². The number of aromatic nitrogens is 4. The molecule has 1 aliphatic heterocycles. The van der Waals surface area contributed by atoms with Gasteiger partial charge in [-0.3, -0.25) is 14.4 Å². The molecule has 0 aliphatic carbocycles. The molecule has 11 heteroatoms. The fourth-order valence-corrected chi connectivity index (χ4v) is 4.79. The van der Waals surface area contributed by atoms with Gasteiger partial charge >= 0.3 is 0 Å². The van der Waals surface area contributed by atoms with E-state index in [2.05, 4.69) is 25.7 Å². The molecule has 2 aromatic carbocycles. The minimum atomic E-state index is -1.33. The molecule has 5 rings (SSSR count). The van der Waals surface area contributed by atoms with Crippen molar-refractivity contribution in [2.45, 2.75) is 38.7 Å². The van der Waals surface area contributed by atoms with E-state index >= 15 is 4.39 Å². The van der Waals surface area contributed by atoms with E-state index in [-0.39, 0.29) is 36.1 Å². The van der Waals surface area contributed by atoms with Gasteiger partial charge in [0.2, 0.25) is 11.9 Å². The second-order valence-electron chi connectivity index (χ2n) is 9.61. The molecule has 10 nitrogen and oxygen atoms in total. The van der Waals surface area contributed by atoms with E-state index in [0.29, 0.717) is 17.1 Å². The van der Waals surface area contributed by atoms with Crippen LogP contribution in [0.1, 0.15) is 41.4 Å². The summed E-state index contributed by atoms with van der Waals surface area (Å²) in [5.41, 5.74) is 3.04. The lowest BCUT2D eigenvalue weighted by Gasteiger charge is -2.28. The number of rotatable bonds is 8. The molecule has 1 unspecified atom stereocenters. The fraction of sp³-hybridized carbons (Fsp3) is 0.286. The number of fused-ring (bicyclic) bond motifs is 1. The molecule has 3 heterocycles. The lowest BCUT2D eigenvalue weighted by atomic mass is 10.0. The molecule has 2 aromatic heterocycles. The summed E-state index contributed by atoms with van der Waals surface area (Å²) >= 11 is 0. The summed E-state index contributed by atoms with van der Waals surface area (Å²) in [6.45, 7) is 3.49. The Morgan fingerprint density at radius 1 is 1.21 bits per heavy atom. The van der Waals surface area contributed by atoms with E-state index < -0.39 is 24.1 Å². The number of carbonyl (C=O) groups is 1. The summed E-state index contributed by atoms with van der Waals surface area (Å²) < 4.78 is 17.5. The van der Waals surface area contributed by atoms with Crippen molar-refractivity contribution in [3.05, 3.63) is 89.0 Å². The van der Waals surface area contributed by atoms with Crippen molar-refractivity contribution in [1.82, 2.24) is 30.0 Å². The number of aliphatic hydroxyl groups excluding tert-OH is 2. The first-order chi connectivity index (χ1) is 18.8. The smallest absolute Gasteiger partial charge is 0.237 e. The zero-order chi connectivity index (χ0) is 27.7. The molecule has 3 atom stereocenters. The van der Waals surface area contributed by atoms with Crippen LogP contribution in [0.15, 0.2) is 60.9 Å². The molecule has 0 bridgehead atoms. The minimum absolute atomic E-state index is 0.115. The highest BCUT2D eigenvalue weighted by Gasteiger charge is 2.38. The Morgan fingerprint density at radius 3 is 2.74 bits per heavy atom. The molecule has 1 aliphatic rings. The number of amides is 1. The van der Waals surface area contributed by atoms with Crippen LogP contribution < -0.4 is 10.6 Å². The number of benzene rings is 2. The van der Waals surface area contributed by atoms with Gasteiger partial charge in [0, 0.05) is 37.0 Å². The van der Waals surface area contributed by atoms with Crippen molar-refractivity contribution in [1.29, 1.82) is 0 Å². The van der Waals surface area contributed by atoms with Gasteiger partial charge in [-0.15, -0.1) is 0 Å². The van der Waals surface area contributed by atoms with E-state index in [9.17, 15) is 15.0 Å². The predicted octanol–water partition coefficient (Wildman–Crippen LogP) is 3.11. The van der Waals surface area contributed by atoms with Gasteiger partial charge in [-0.25, -0.2) is 14.4 Å². The van der Waals surface area contributed by atoms with Gasteiger partial charge < -0.3 is 20.8 Å². The zero-order valence-corrected chi connectivity index (χ0v) is 21.8. The van der Waals surface area contributed by atoms with Gasteiger partial charge in [-0.05, 0) is 37.1 Å². The average Bonchev–Trinajstić information content (AvgIpc) is 3.49. The highest BCUT2D eigenvalue weighted by Crippen LogP contribution is 2.39. The number of halogens is 1. The molecular weight excluding hydrogens is 501 g/mol. The second kappa shape index (κ2) is 10.9. The van der Waals surface area contributed by atoms with E-state index in [1.165, 1.54) is 11.1 Å². The fourth-order valence-electron chi connectivity index (χ4n) is 4.79. The van der Waals surface area contributed by atoms with Crippen LogP contribution in [0.25, 0.3) is 11.3 Å². The maximum Gasteiger partial charge on any atom is 0.237 e. The molecule has 0 radical (unpaired) electrons. The normalized spacial score (nSPS) is 16.5. The van der Waals surface area contributed by atoms with Crippen molar-refractivity contribution in [2.24, 2.45) is 7.05 Å². The number of hydrogen-bond donors (Lipinski definition) is 4. The molecule has 0 fully saturated rings. The van der Waals surface area contributed by atoms with E-state index in [4.69, 9.17) is 0 Å². The van der Waals surface area contributed by atoms with Gasteiger partial charge in [0.25, 0.3) is 0 Å². The number of aryl methyl sites for hydroxylation is 2. The molecule has 0 saturated carbocycles. The van der Waals surface area contributed by atoms with Crippen molar-refractivity contribution < 1.29 is 19.4 Å². The van der Waals surface area contributed by atoms with Crippen LogP contribution in [0.3, 0.4) is 0 Å². The highest BCUT2D eigenvalue weighted by atomic mass is 19.1. The molecular formula is C28H30FN7O3. The Balaban J connectivity index is 1.34. The van der Waals surface area contributed by atoms with Crippen LogP contribution in [0, 0.1) is 12.7 Å². The lowest BCUT2D eigenvalue weighted by Crippen LogP contribution is -2.46.